The van der Waals surface area contributed by atoms with Gasteiger partial charge in [0.1, 0.15) is 12.1 Å². The van der Waals surface area contributed by atoms with Gasteiger partial charge in [-0.3, -0.25) is 19.1 Å². The van der Waals surface area contributed by atoms with Crippen molar-refractivity contribution in [1.82, 2.24) is 25.1 Å². The molecule has 2 aromatic heterocycles. The van der Waals surface area contributed by atoms with E-state index in [0.717, 1.165) is 33.2 Å². The van der Waals surface area contributed by atoms with Gasteiger partial charge < -0.3 is 19.7 Å². The lowest BCUT2D eigenvalue weighted by atomic mass is 9.99. The Kier molecular flexibility index (Phi) is 10.2. The van der Waals surface area contributed by atoms with Gasteiger partial charge in [0.05, 0.1) is 11.9 Å². The third-order valence-corrected chi connectivity index (χ3v) is 9.18. The average molecular weight is 668 g/mol. The highest BCUT2D eigenvalue weighted by Gasteiger charge is 2.33. The van der Waals surface area contributed by atoms with Gasteiger partial charge in [-0.05, 0) is 43.2 Å². The number of rotatable bonds is 13. The van der Waals surface area contributed by atoms with Crippen LogP contribution >= 0.6 is 0 Å². The number of carbonyl (C=O) groups is 3. The monoisotopic (exact) mass is 667 g/mol. The first-order chi connectivity index (χ1) is 22.9. The smallest absolute Gasteiger partial charge is 0.256 e. The molecule has 2 heterocycles. The van der Waals surface area contributed by atoms with Crippen LogP contribution < -0.4 is 10.0 Å². The molecule has 3 N–H and O–H groups in total. The molecule has 11 nitrogen and oxygen atoms in total. The van der Waals surface area contributed by atoms with E-state index in [1.54, 1.807) is 30.6 Å². The third-order valence-electron chi connectivity index (χ3n) is 7.99. The van der Waals surface area contributed by atoms with Gasteiger partial charge in [-0.15, -0.1) is 6.58 Å². The lowest BCUT2D eigenvalue weighted by Gasteiger charge is -2.29. The highest BCUT2D eigenvalue weighted by Crippen LogP contribution is 2.22. The molecule has 48 heavy (non-hydrogen) atoms. The van der Waals surface area contributed by atoms with E-state index < -0.39 is 39.7 Å². The Morgan fingerprint density at radius 3 is 2.35 bits per heavy atom. The zero-order chi connectivity index (χ0) is 34.4. The summed E-state index contributed by atoms with van der Waals surface area (Å²) in [6, 6.07) is 19.6. The fourth-order valence-corrected chi connectivity index (χ4v) is 6.50. The standard InChI is InChI=1S/C36H37N5O6S/c1-5-16-48(45,46)40-34(42)31(21-28-22-37-30-9-7-6-8-29(28)30)39-35(43)32(41(4)36(44)27-18-23(2)17-24(3)19-27)20-25-10-12-26(13-11-25)33-14-15-38-47-33/h5-15,17-19,22,31-32,37H,1,16,20-21H2,2-4H3,(H,39,43)(H,40,42). The van der Waals surface area contributed by atoms with Crippen molar-refractivity contribution in [2.24, 2.45) is 0 Å². The zero-order valence-corrected chi connectivity index (χ0v) is 27.7. The fraction of sp³-hybridized carbons (Fsp3) is 0.222. The normalized spacial score (nSPS) is 12.6. The van der Waals surface area contributed by atoms with Gasteiger partial charge in [0.25, 0.3) is 11.8 Å². The number of hydrogen-bond acceptors (Lipinski definition) is 7. The molecule has 0 bridgehead atoms. The van der Waals surface area contributed by atoms with Gasteiger partial charge in [0.2, 0.25) is 15.9 Å². The van der Waals surface area contributed by atoms with Crippen LogP contribution in [0.4, 0.5) is 0 Å². The van der Waals surface area contributed by atoms with Crippen LogP contribution in [-0.4, -0.2) is 66.1 Å². The molecule has 0 aliphatic rings. The number of aromatic amines is 1. The quantitative estimate of drug-likeness (QED) is 0.157. The van der Waals surface area contributed by atoms with Crippen LogP contribution in [0.1, 0.15) is 32.6 Å². The summed E-state index contributed by atoms with van der Waals surface area (Å²) in [6.45, 7) is 7.22. The van der Waals surface area contributed by atoms with Gasteiger partial charge in [0.15, 0.2) is 5.76 Å². The second-order valence-electron chi connectivity index (χ2n) is 11.7. The topological polar surface area (TPSA) is 154 Å². The number of benzene rings is 3. The van der Waals surface area contributed by atoms with Crippen LogP contribution in [0.25, 0.3) is 22.2 Å². The predicted molar refractivity (Wildman–Crippen MR) is 184 cm³/mol. The van der Waals surface area contributed by atoms with Crippen molar-refractivity contribution < 1.29 is 27.3 Å². The largest absolute Gasteiger partial charge is 0.361 e. The second-order valence-corrected chi connectivity index (χ2v) is 13.5. The van der Waals surface area contributed by atoms with Crippen molar-refractivity contribution in [3.63, 3.8) is 0 Å². The van der Waals surface area contributed by atoms with Gasteiger partial charge >= 0.3 is 0 Å². The van der Waals surface area contributed by atoms with E-state index in [-0.39, 0.29) is 18.7 Å². The van der Waals surface area contributed by atoms with E-state index in [1.807, 2.05) is 68.4 Å². The fourth-order valence-electron chi connectivity index (χ4n) is 5.66. The van der Waals surface area contributed by atoms with Crippen molar-refractivity contribution in [2.45, 2.75) is 38.8 Å². The van der Waals surface area contributed by atoms with Gasteiger partial charge in [-0.1, -0.05) is 70.9 Å². The number of aromatic nitrogens is 2. The summed E-state index contributed by atoms with van der Waals surface area (Å²) in [5.41, 5.74) is 5.25. The zero-order valence-electron chi connectivity index (χ0n) is 26.9. The first-order valence-corrected chi connectivity index (χ1v) is 17.0. The van der Waals surface area contributed by atoms with E-state index >= 15 is 0 Å². The molecule has 0 aliphatic heterocycles. The number of carbonyl (C=O) groups excluding carboxylic acids is 3. The molecule has 0 aliphatic carbocycles. The van der Waals surface area contributed by atoms with Crippen molar-refractivity contribution >= 4 is 38.6 Å². The summed E-state index contributed by atoms with van der Waals surface area (Å²) in [7, 11) is -2.51. The number of hydrogen-bond donors (Lipinski definition) is 3. The Hall–Kier alpha value is -5.49. The highest BCUT2D eigenvalue weighted by atomic mass is 32.2. The molecule has 5 rings (SSSR count). The van der Waals surface area contributed by atoms with E-state index in [4.69, 9.17) is 4.52 Å². The van der Waals surface area contributed by atoms with Crippen LogP contribution in [0.5, 0.6) is 0 Å². The van der Waals surface area contributed by atoms with Gasteiger partial charge in [-0.25, -0.2) is 8.42 Å². The Labute approximate surface area is 279 Å². The first-order valence-electron chi connectivity index (χ1n) is 15.3. The highest BCUT2D eigenvalue weighted by molar-refractivity contribution is 7.90. The van der Waals surface area contributed by atoms with Crippen LogP contribution in [0, 0.1) is 13.8 Å². The maximum atomic E-state index is 14.2. The molecule has 5 aromatic rings. The molecule has 3 amide bonds. The minimum Gasteiger partial charge on any atom is -0.361 e. The number of fused-ring (bicyclic) bond motifs is 1. The number of aryl methyl sites for hydroxylation is 2. The van der Waals surface area contributed by atoms with Crippen LogP contribution in [0.2, 0.25) is 0 Å². The number of H-pyrrole nitrogens is 1. The summed E-state index contributed by atoms with van der Waals surface area (Å²) < 4.78 is 32.4. The number of likely N-dealkylation sites (N-methyl/N-ethyl adjacent to an activating group) is 1. The SMILES string of the molecule is C=CCS(=O)(=O)NC(=O)C(Cc1c[nH]c2ccccc12)NC(=O)C(Cc1ccc(-c2ccno2)cc1)N(C)C(=O)c1cc(C)cc(C)c1. The van der Waals surface area contributed by atoms with E-state index in [9.17, 15) is 22.8 Å². The van der Waals surface area contributed by atoms with Crippen molar-refractivity contribution in [3.8, 4) is 11.3 Å². The lowest BCUT2D eigenvalue weighted by Crippen LogP contribution is -2.56. The van der Waals surface area contributed by atoms with Crippen molar-refractivity contribution in [3.05, 3.63) is 126 Å². The van der Waals surface area contributed by atoms with Crippen LogP contribution in [0.15, 0.2) is 102 Å². The number of nitrogens with one attached hydrogen (secondary N) is 3. The molecule has 248 valence electrons. The predicted octanol–water partition coefficient (Wildman–Crippen LogP) is 4.48. The van der Waals surface area contributed by atoms with E-state index in [2.05, 4.69) is 26.8 Å². The Morgan fingerprint density at radius 2 is 1.69 bits per heavy atom. The minimum atomic E-state index is -4.05. The Bertz CT molecular complexity index is 2030. The molecule has 2 unspecified atom stereocenters. The first kappa shape index (κ1) is 33.9. The number of nitrogens with zero attached hydrogens (tertiary/aromatic N) is 2. The lowest BCUT2D eigenvalue weighted by molar-refractivity contribution is -0.130. The summed E-state index contributed by atoms with van der Waals surface area (Å²) in [5.74, 6) is -1.82. The molecule has 0 saturated heterocycles. The summed E-state index contributed by atoms with van der Waals surface area (Å²) in [6.07, 6.45) is 4.52. The molecular weight excluding hydrogens is 630 g/mol. The Morgan fingerprint density at radius 1 is 0.979 bits per heavy atom. The number of sulfonamides is 1. The van der Waals surface area contributed by atoms with Crippen LogP contribution in [0.3, 0.4) is 0 Å². The second kappa shape index (κ2) is 14.5. The average Bonchev–Trinajstić information content (AvgIpc) is 3.73. The molecular formula is C36H37N5O6S. The maximum Gasteiger partial charge on any atom is 0.256 e. The molecule has 2 atom stereocenters. The van der Waals surface area contributed by atoms with Crippen molar-refractivity contribution in [1.29, 1.82) is 0 Å². The van der Waals surface area contributed by atoms with E-state index in [1.165, 1.54) is 18.0 Å². The summed E-state index contributed by atoms with van der Waals surface area (Å²) in [4.78, 5) is 46.1. The van der Waals surface area contributed by atoms with Crippen molar-refractivity contribution in [2.75, 3.05) is 12.8 Å². The third kappa shape index (κ3) is 8.07. The summed E-state index contributed by atoms with van der Waals surface area (Å²) >= 11 is 0. The molecule has 0 radical (unpaired) electrons. The van der Waals surface area contributed by atoms with Gasteiger partial charge in [0, 0.05) is 54.2 Å². The molecule has 3 aromatic carbocycles. The summed E-state index contributed by atoms with van der Waals surface area (Å²) in [5, 5.41) is 7.34. The van der Waals surface area contributed by atoms with E-state index in [0.29, 0.717) is 16.9 Å². The Balaban J connectivity index is 1.48. The maximum absolute atomic E-state index is 14.2. The molecule has 12 heteroatoms. The number of amides is 3. The molecule has 0 spiro atoms. The van der Waals surface area contributed by atoms with Crippen LogP contribution in [-0.2, 0) is 32.5 Å². The minimum absolute atomic E-state index is 0.0153. The van der Waals surface area contributed by atoms with Gasteiger partial charge in [-0.2, -0.15) is 0 Å². The number of para-hydroxylation sites is 1. The molecule has 0 fully saturated rings. The molecule has 0 saturated carbocycles.